The van der Waals surface area contributed by atoms with Crippen LogP contribution in [-0.2, 0) is 0 Å². The molecule has 5 nitrogen and oxygen atoms in total. The van der Waals surface area contributed by atoms with Crippen LogP contribution in [0.2, 0.25) is 0 Å². The lowest BCUT2D eigenvalue weighted by molar-refractivity contribution is 0.00688. The van der Waals surface area contributed by atoms with E-state index in [2.05, 4.69) is 5.32 Å². The fourth-order valence-corrected chi connectivity index (χ4v) is 2.98. The van der Waals surface area contributed by atoms with E-state index in [0.717, 1.165) is 25.7 Å². The number of carbonyl (C=O) groups is 1. The Labute approximate surface area is 146 Å². The second kappa shape index (κ2) is 7.82. The fourth-order valence-electron chi connectivity index (χ4n) is 2.98. The largest absolute Gasteiger partial charge is 0.488 e. The summed E-state index contributed by atoms with van der Waals surface area (Å²) in [6.07, 6.45) is 3.14. The summed E-state index contributed by atoms with van der Waals surface area (Å²) in [6.45, 7) is 0. The van der Waals surface area contributed by atoms with Crippen LogP contribution in [0.5, 0.6) is 5.75 Å². The zero-order chi connectivity index (χ0) is 17.6. The van der Waals surface area contributed by atoms with Crippen molar-refractivity contribution in [2.75, 3.05) is 5.32 Å². The third-order valence-electron chi connectivity index (χ3n) is 4.36. The molecule has 1 aliphatic rings. The van der Waals surface area contributed by atoms with Gasteiger partial charge >= 0.3 is 0 Å². The Morgan fingerprint density at radius 2 is 1.84 bits per heavy atom. The minimum atomic E-state index is -0.421. The van der Waals surface area contributed by atoms with E-state index in [-0.39, 0.29) is 12.0 Å². The van der Waals surface area contributed by atoms with E-state index >= 15 is 0 Å². The number of hydrogen-bond acceptors (Lipinski definition) is 4. The Hall–Kier alpha value is -2.84. The molecule has 0 spiro atoms. The van der Waals surface area contributed by atoms with E-state index in [9.17, 15) is 9.90 Å². The quantitative estimate of drug-likeness (QED) is 0.895. The number of nitrogens with one attached hydrogen (secondary N) is 1. The molecule has 2 aromatic carbocycles. The van der Waals surface area contributed by atoms with Gasteiger partial charge in [0.1, 0.15) is 11.9 Å². The highest BCUT2D eigenvalue weighted by Gasteiger charge is 2.24. The van der Waals surface area contributed by atoms with Gasteiger partial charge in [0.25, 0.3) is 5.91 Å². The molecule has 1 saturated carbocycles. The normalized spacial score (nSPS) is 19.7. The number of anilines is 1. The molecule has 0 heterocycles. The third kappa shape index (κ3) is 4.17. The molecular formula is C20H20N2O3. The van der Waals surface area contributed by atoms with E-state index in [0.29, 0.717) is 22.6 Å². The Kier molecular flexibility index (Phi) is 5.32. The van der Waals surface area contributed by atoms with E-state index < -0.39 is 6.10 Å². The predicted molar refractivity (Wildman–Crippen MR) is 94.4 cm³/mol. The van der Waals surface area contributed by atoms with Gasteiger partial charge in [-0.25, -0.2) is 0 Å². The zero-order valence-electron chi connectivity index (χ0n) is 13.8. The van der Waals surface area contributed by atoms with Crippen LogP contribution < -0.4 is 10.1 Å². The minimum absolute atomic E-state index is 0.170. The highest BCUT2D eigenvalue weighted by atomic mass is 16.5. The Balaban J connectivity index is 1.64. The Morgan fingerprint density at radius 1 is 1.12 bits per heavy atom. The molecule has 128 valence electrons. The van der Waals surface area contributed by atoms with Gasteiger partial charge in [-0.3, -0.25) is 4.79 Å². The van der Waals surface area contributed by atoms with Crippen LogP contribution in [0.25, 0.3) is 0 Å². The first-order chi connectivity index (χ1) is 12.2. The molecule has 2 N–H and O–H groups in total. The molecule has 1 amide bonds. The van der Waals surface area contributed by atoms with Crippen molar-refractivity contribution in [2.24, 2.45) is 0 Å². The molecule has 25 heavy (non-hydrogen) atoms. The van der Waals surface area contributed by atoms with Crippen LogP contribution in [0.15, 0.2) is 48.5 Å². The van der Waals surface area contributed by atoms with Gasteiger partial charge in [-0.15, -0.1) is 0 Å². The molecule has 2 atom stereocenters. The van der Waals surface area contributed by atoms with Crippen LogP contribution in [0, 0.1) is 11.3 Å². The number of rotatable bonds is 4. The van der Waals surface area contributed by atoms with Gasteiger partial charge in [-0.05, 0) is 55.7 Å². The van der Waals surface area contributed by atoms with Gasteiger partial charge in [-0.1, -0.05) is 18.6 Å². The summed E-state index contributed by atoms with van der Waals surface area (Å²) >= 11 is 0. The van der Waals surface area contributed by atoms with Crippen molar-refractivity contribution >= 4 is 11.6 Å². The number of aliphatic hydroxyl groups excluding tert-OH is 1. The van der Waals surface area contributed by atoms with Crippen molar-refractivity contribution in [3.63, 3.8) is 0 Å². The van der Waals surface area contributed by atoms with Crippen LogP contribution in [-0.4, -0.2) is 23.2 Å². The zero-order valence-corrected chi connectivity index (χ0v) is 13.8. The molecule has 0 bridgehead atoms. The van der Waals surface area contributed by atoms with Crippen molar-refractivity contribution in [3.05, 3.63) is 59.7 Å². The SMILES string of the molecule is N#Cc1ccccc1C(=O)Nc1ccc(OC2CCCCC2O)cc1. The number of nitriles is 1. The molecule has 1 fully saturated rings. The maximum atomic E-state index is 12.3. The van der Waals surface area contributed by atoms with Gasteiger partial charge in [0.2, 0.25) is 0 Å². The minimum Gasteiger partial charge on any atom is -0.488 e. The lowest BCUT2D eigenvalue weighted by atomic mass is 9.95. The van der Waals surface area contributed by atoms with Gasteiger partial charge in [-0.2, -0.15) is 5.26 Å². The van der Waals surface area contributed by atoms with Crippen LogP contribution in [0.3, 0.4) is 0 Å². The number of aliphatic hydroxyl groups is 1. The van der Waals surface area contributed by atoms with Gasteiger partial charge in [0.05, 0.1) is 23.3 Å². The summed E-state index contributed by atoms with van der Waals surface area (Å²) in [5.41, 5.74) is 1.30. The van der Waals surface area contributed by atoms with Crippen molar-refractivity contribution in [1.82, 2.24) is 0 Å². The van der Waals surface area contributed by atoms with Gasteiger partial charge in [0, 0.05) is 5.69 Å². The Morgan fingerprint density at radius 3 is 2.56 bits per heavy atom. The summed E-state index contributed by atoms with van der Waals surface area (Å²) in [7, 11) is 0. The number of nitrogens with zero attached hydrogens (tertiary/aromatic N) is 1. The standard InChI is InChI=1S/C20H20N2O3/c21-13-14-5-1-2-6-17(14)20(24)22-15-9-11-16(12-10-15)25-19-8-4-3-7-18(19)23/h1-2,5-6,9-12,18-19,23H,3-4,7-8H2,(H,22,24). The molecule has 1 aliphatic carbocycles. The first kappa shape index (κ1) is 17.0. The second-order valence-corrected chi connectivity index (χ2v) is 6.14. The number of amides is 1. The van der Waals surface area contributed by atoms with Crippen molar-refractivity contribution in [2.45, 2.75) is 37.9 Å². The monoisotopic (exact) mass is 336 g/mol. The topological polar surface area (TPSA) is 82.4 Å². The van der Waals surface area contributed by atoms with Crippen LogP contribution in [0.4, 0.5) is 5.69 Å². The second-order valence-electron chi connectivity index (χ2n) is 6.14. The average molecular weight is 336 g/mol. The average Bonchev–Trinajstić information content (AvgIpc) is 2.65. The van der Waals surface area contributed by atoms with Crippen LogP contribution >= 0.6 is 0 Å². The Bertz CT molecular complexity index is 780. The van der Waals surface area contributed by atoms with Crippen molar-refractivity contribution in [1.29, 1.82) is 5.26 Å². The molecule has 0 saturated heterocycles. The molecule has 2 aromatic rings. The van der Waals surface area contributed by atoms with Crippen molar-refractivity contribution < 1.29 is 14.6 Å². The lowest BCUT2D eigenvalue weighted by Crippen LogP contribution is -2.34. The number of ether oxygens (including phenoxy) is 1. The molecule has 2 unspecified atom stereocenters. The smallest absolute Gasteiger partial charge is 0.257 e. The molecule has 0 aromatic heterocycles. The van der Waals surface area contributed by atoms with Gasteiger partial charge < -0.3 is 15.2 Å². The molecule has 0 radical (unpaired) electrons. The van der Waals surface area contributed by atoms with E-state index in [1.54, 1.807) is 48.5 Å². The molecule has 0 aliphatic heterocycles. The predicted octanol–water partition coefficient (Wildman–Crippen LogP) is 3.49. The summed E-state index contributed by atoms with van der Waals surface area (Å²) in [5.74, 6) is 0.342. The molecule has 5 heteroatoms. The maximum Gasteiger partial charge on any atom is 0.257 e. The maximum absolute atomic E-state index is 12.3. The first-order valence-corrected chi connectivity index (χ1v) is 8.42. The number of benzene rings is 2. The summed E-state index contributed by atoms with van der Waals surface area (Å²) in [4.78, 5) is 12.3. The first-order valence-electron chi connectivity index (χ1n) is 8.42. The van der Waals surface area contributed by atoms with E-state index in [1.165, 1.54) is 0 Å². The lowest BCUT2D eigenvalue weighted by Gasteiger charge is -2.28. The van der Waals surface area contributed by atoms with E-state index in [4.69, 9.17) is 10.00 Å². The summed E-state index contributed by atoms with van der Waals surface area (Å²) in [6, 6.07) is 15.7. The number of hydrogen-bond donors (Lipinski definition) is 2. The summed E-state index contributed by atoms with van der Waals surface area (Å²) < 4.78 is 5.84. The van der Waals surface area contributed by atoms with E-state index in [1.807, 2.05) is 6.07 Å². The third-order valence-corrected chi connectivity index (χ3v) is 4.36. The highest BCUT2D eigenvalue weighted by molar-refractivity contribution is 6.05. The van der Waals surface area contributed by atoms with Gasteiger partial charge in [0.15, 0.2) is 0 Å². The molecule has 3 rings (SSSR count). The molecular weight excluding hydrogens is 316 g/mol. The fraction of sp³-hybridized carbons (Fsp3) is 0.300. The van der Waals surface area contributed by atoms with Crippen LogP contribution in [0.1, 0.15) is 41.6 Å². The van der Waals surface area contributed by atoms with Crippen molar-refractivity contribution in [3.8, 4) is 11.8 Å². The summed E-state index contributed by atoms with van der Waals surface area (Å²) in [5, 5.41) is 21.8. The number of carbonyl (C=O) groups excluding carboxylic acids is 1. The highest BCUT2D eigenvalue weighted by Crippen LogP contribution is 2.25.